The van der Waals surface area contributed by atoms with Crippen LogP contribution in [0.5, 0.6) is 5.75 Å². The molecule has 1 aromatic carbocycles. The van der Waals surface area contributed by atoms with Crippen molar-refractivity contribution < 1.29 is 9.50 Å². The monoisotopic (exact) mass is 165 g/mol. The fourth-order valence-electron chi connectivity index (χ4n) is 0.931. The van der Waals surface area contributed by atoms with E-state index < -0.39 is 6.17 Å². The molecule has 0 aliphatic carbocycles. The van der Waals surface area contributed by atoms with Crippen molar-refractivity contribution in [1.82, 2.24) is 0 Å². The van der Waals surface area contributed by atoms with Gasteiger partial charge >= 0.3 is 0 Å². The van der Waals surface area contributed by atoms with Crippen molar-refractivity contribution >= 4 is 0 Å². The number of phenols is 1. The third-order valence-corrected chi connectivity index (χ3v) is 1.53. The number of benzene rings is 1. The van der Waals surface area contributed by atoms with Gasteiger partial charge in [0.1, 0.15) is 5.75 Å². The van der Waals surface area contributed by atoms with Crippen LogP contribution in [0.15, 0.2) is 24.3 Å². The van der Waals surface area contributed by atoms with Crippen molar-refractivity contribution in [3.05, 3.63) is 41.2 Å². The van der Waals surface area contributed by atoms with E-state index in [0.717, 1.165) is 0 Å². The molecular formula is C9H8FNO. The van der Waals surface area contributed by atoms with Gasteiger partial charge in [-0.1, -0.05) is 18.2 Å². The number of hydrogen-bond acceptors (Lipinski definition) is 1. The summed E-state index contributed by atoms with van der Waals surface area (Å²) >= 11 is 0. The second-order valence-electron chi connectivity index (χ2n) is 2.37. The van der Waals surface area contributed by atoms with Gasteiger partial charge in [0.05, 0.1) is 0 Å². The zero-order valence-electron chi connectivity index (χ0n) is 6.37. The highest BCUT2D eigenvalue weighted by atomic mass is 19.1. The third kappa shape index (κ3) is 1.73. The molecule has 0 bridgehead atoms. The van der Waals surface area contributed by atoms with E-state index in [2.05, 4.69) is 4.85 Å². The summed E-state index contributed by atoms with van der Waals surface area (Å²) in [6.45, 7) is 6.22. The molecular weight excluding hydrogens is 157 g/mol. The van der Waals surface area contributed by atoms with Crippen molar-refractivity contribution in [2.24, 2.45) is 0 Å². The van der Waals surface area contributed by atoms with Crippen LogP contribution < -0.4 is 0 Å². The minimum atomic E-state index is -1.39. The van der Waals surface area contributed by atoms with E-state index in [0.29, 0.717) is 0 Å². The Bertz CT molecular complexity index is 306. The molecule has 0 radical (unpaired) electrons. The molecule has 1 unspecified atom stereocenters. The van der Waals surface area contributed by atoms with Gasteiger partial charge in [0.15, 0.2) is 0 Å². The maximum Gasteiger partial charge on any atom is 0.249 e. The maximum absolute atomic E-state index is 13.0. The normalized spacial score (nSPS) is 12.0. The predicted octanol–water partition coefficient (Wildman–Crippen LogP) is 2.32. The first-order valence-electron chi connectivity index (χ1n) is 3.51. The lowest BCUT2D eigenvalue weighted by atomic mass is 10.1. The zero-order chi connectivity index (χ0) is 8.97. The summed E-state index contributed by atoms with van der Waals surface area (Å²) in [4.78, 5) is 2.92. The van der Waals surface area contributed by atoms with Crippen molar-refractivity contribution in [1.29, 1.82) is 0 Å². The average Bonchev–Trinajstić information content (AvgIpc) is 2.05. The quantitative estimate of drug-likeness (QED) is 0.668. The lowest BCUT2D eigenvalue weighted by molar-refractivity contribution is 0.350. The van der Waals surface area contributed by atoms with Crippen molar-refractivity contribution in [3.63, 3.8) is 0 Å². The molecule has 1 rings (SSSR count). The highest BCUT2D eigenvalue weighted by molar-refractivity contribution is 5.34. The first kappa shape index (κ1) is 8.54. The Morgan fingerprint density at radius 3 is 2.75 bits per heavy atom. The molecule has 0 amide bonds. The van der Waals surface area contributed by atoms with E-state index in [4.69, 9.17) is 11.7 Å². The van der Waals surface area contributed by atoms with E-state index >= 15 is 0 Å². The summed E-state index contributed by atoms with van der Waals surface area (Å²) in [6, 6.07) is 6.13. The highest BCUT2D eigenvalue weighted by Crippen LogP contribution is 2.26. The Morgan fingerprint density at radius 2 is 2.17 bits per heavy atom. The second-order valence-corrected chi connectivity index (χ2v) is 2.37. The molecule has 0 aliphatic heterocycles. The number of hydrogen-bond donors (Lipinski definition) is 1. The van der Waals surface area contributed by atoms with Crippen LogP contribution in [0.4, 0.5) is 4.39 Å². The van der Waals surface area contributed by atoms with Crippen LogP contribution in [-0.2, 0) is 0 Å². The van der Waals surface area contributed by atoms with Gasteiger partial charge in [0, 0.05) is 5.56 Å². The Morgan fingerprint density at radius 1 is 1.50 bits per heavy atom. The Balaban J connectivity index is 2.88. The second kappa shape index (κ2) is 3.72. The summed E-state index contributed by atoms with van der Waals surface area (Å²) < 4.78 is 13.0. The summed E-state index contributed by atoms with van der Waals surface area (Å²) in [5.74, 6) is -0.0892. The van der Waals surface area contributed by atoms with Gasteiger partial charge in [-0.15, -0.1) is 0 Å². The van der Waals surface area contributed by atoms with Gasteiger partial charge in [-0.2, -0.15) is 0 Å². The fraction of sp³-hybridized carbons (Fsp3) is 0.222. The van der Waals surface area contributed by atoms with E-state index in [1.807, 2.05) is 0 Å². The smallest absolute Gasteiger partial charge is 0.249 e. The largest absolute Gasteiger partial charge is 0.508 e. The maximum atomic E-state index is 13.0. The molecule has 0 aliphatic rings. The van der Waals surface area contributed by atoms with Gasteiger partial charge in [0.2, 0.25) is 12.7 Å². The van der Waals surface area contributed by atoms with Gasteiger partial charge in [-0.05, 0) is 6.07 Å². The van der Waals surface area contributed by atoms with Gasteiger partial charge < -0.3 is 9.95 Å². The molecule has 12 heavy (non-hydrogen) atoms. The zero-order valence-corrected chi connectivity index (χ0v) is 6.37. The standard InChI is InChI=1S/C9H8FNO/c1-11-6-8(10)7-4-2-3-5-9(7)12/h2-5,8,12H,6H2. The van der Waals surface area contributed by atoms with Crippen LogP contribution in [0.3, 0.4) is 0 Å². The molecule has 3 heteroatoms. The minimum Gasteiger partial charge on any atom is -0.508 e. The molecule has 0 saturated carbocycles. The van der Waals surface area contributed by atoms with Crippen LogP contribution in [0.25, 0.3) is 4.85 Å². The number of rotatable bonds is 2. The van der Waals surface area contributed by atoms with E-state index in [-0.39, 0.29) is 17.9 Å². The molecule has 0 spiro atoms. The molecule has 0 fully saturated rings. The average molecular weight is 165 g/mol. The van der Waals surface area contributed by atoms with Crippen LogP contribution >= 0.6 is 0 Å². The number of aromatic hydroxyl groups is 1. The van der Waals surface area contributed by atoms with Crippen LogP contribution in [0.2, 0.25) is 0 Å². The van der Waals surface area contributed by atoms with Gasteiger partial charge in [-0.25, -0.2) is 11.0 Å². The molecule has 1 atom stereocenters. The Labute approximate surface area is 70.1 Å². The van der Waals surface area contributed by atoms with Gasteiger partial charge in [-0.3, -0.25) is 0 Å². The fourth-order valence-corrected chi connectivity index (χ4v) is 0.931. The molecule has 0 aromatic heterocycles. The molecule has 1 aromatic rings. The first-order chi connectivity index (χ1) is 5.75. The molecule has 1 N–H and O–H groups in total. The summed E-state index contributed by atoms with van der Waals surface area (Å²) in [5, 5.41) is 9.16. The van der Waals surface area contributed by atoms with Crippen LogP contribution in [-0.4, -0.2) is 11.7 Å². The number of alkyl halides is 1. The van der Waals surface area contributed by atoms with Crippen molar-refractivity contribution in [2.45, 2.75) is 6.17 Å². The lowest BCUT2D eigenvalue weighted by Gasteiger charge is -2.03. The number of para-hydroxylation sites is 1. The number of nitrogens with zero attached hydrogens (tertiary/aromatic N) is 1. The topological polar surface area (TPSA) is 24.6 Å². The third-order valence-electron chi connectivity index (χ3n) is 1.53. The summed E-state index contributed by atoms with van der Waals surface area (Å²) in [7, 11) is 0. The first-order valence-corrected chi connectivity index (χ1v) is 3.51. The highest BCUT2D eigenvalue weighted by Gasteiger charge is 2.15. The Hall–Kier alpha value is -1.56. The number of halogens is 1. The summed E-state index contributed by atoms with van der Waals surface area (Å²) in [5.41, 5.74) is 0.188. The summed E-state index contributed by atoms with van der Waals surface area (Å²) in [6.07, 6.45) is -1.39. The van der Waals surface area contributed by atoms with E-state index in [9.17, 15) is 4.39 Å². The molecule has 62 valence electrons. The number of phenolic OH excluding ortho intramolecular Hbond substituents is 1. The lowest BCUT2D eigenvalue weighted by Crippen LogP contribution is -1.94. The van der Waals surface area contributed by atoms with Crippen molar-refractivity contribution in [2.75, 3.05) is 6.54 Å². The Kier molecular flexibility index (Phi) is 2.65. The van der Waals surface area contributed by atoms with Crippen LogP contribution in [0.1, 0.15) is 11.7 Å². The minimum absolute atomic E-state index is 0.0892. The van der Waals surface area contributed by atoms with E-state index in [1.54, 1.807) is 12.1 Å². The molecule has 0 saturated heterocycles. The molecule has 2 nitrogen and oxygen atoms in total. The molecule has 0 heterocycles. The SMILES string of the molecule is [C-]#[N+]CC(F)c1ccccc1O. The van der Waals surface area contributed by atoms with Crippen molar-refractivity contribution in [3.8, 4) is 5.75 Å². The van der Waals surface area contributed by atoms with Gasteiger partial charge in [0.25, 0.3) is 0 Å². The van der Waals surface area contributed by atoms with E-state index in [1.165, 1.54) is 12.1 Å². The predicted molar refractivity (Wildman–Crippen MR) is 43.4 cm³/mol. The van der Waals surface area contributed by atoms with Crippen LogP contribution in [0, 0.1) is 6.57 Å².